The zero-order valence-corrected chi connectivity index (χ0v) is 13.5. The highest BCUT2D eigenvalue weighted by atomic mass is 32.1. The summed E-state index contributed by atoms with van der Waals surface area (Å²) >= 11 is 1.35. The molecule has 0 atom stereocenters. The van der Waals surface area contributed by atoms with Crippen LogP contribution in [0.5, 0.6) is 0 Å². The Balaban J connectivity index is 1.80. The number of carbonyl (C=O) groups excluding carboxylic acids is 1. The van der Waals surface area contributed by atoms with Crippen molar-refractivity contribution < 1.29 is 9.18 Å². The highest BCUT2D eigenvalue weighted by Crippen LogP contribution is 2.30. The highest BCUT2D eigenvalue weighted by Gasteiger charge is 2.13. The van der Waals surface area contributed by atoms with Gasteiger partial charge in [0.25, 0.3) is 5.91 Å². The molecule has 1 amide bonds. The molecule has 1 heterocycles. The van der Waals surface area contributed by atoms with Gasteiger partial charge in [0.2, 0.25) is 0 Å². The van der Waals surface area contributed by atoms with E-state index in [1.807, 2.05) is 13.0 Å². The molecular weight excluding hydrogens is 325 g/mol. The summed E-state index contributed by atoms with van der Waals surface area (Å²) < 4.78 is 13.0. The van der Waals surface area contributed by atoms with Crippen LogP contribution < -0.4 is 5.32 Å². The number of hydrogen-bond acceptors (Lipinski definition) is 4. The van der Waals surface area contributed by atoms with Crippen LogP contribution in [0.4, 0.5) is 9.52 Å². The molecule has 0 saturated heterocycles. The largest absolute Gasteiger partial charge is 0.298 e. The van der Waals surface area contributed by atoms with Gasteiger partial charge >= 0.3 is 0 Å². The van der Waals surface area contributed by atoms with Gasteiger partial charge in [-0.1, -0.05) is 0 Å². The molecule has 0 aliphatic carbocycles. The Labute approximate surface area is 142 Å². The maximum absolute atomic E-state index is 13.0. The lowest BCUT2D eigenvalue weighted by Crippen LogP contribution is -2.11. The van der Waals surface area contributed by atoms with Crippen LogP contribution in [0.25, 0.3) is 11.3 Å². The number of amides is 1. The summed E-state index contributed by atoms with van der Waals surface area (Å²) in [5.74, 6) is -0.597. The van der Waals surface area contributed by atoms with Gasteiger partial charge in [-0.3, -0.25) is 10.1 Å². The SMILES string of the molecule is Cc1sc(NC(=O)c2ccc(C#N)cc2)nc1-c1ccc(F)cc1. The van der Waals surface area contributed by atoms with Gasteiger partial charge in [-0.25, -0.2) is 9.37 Å². The Morgan fingerprint density at radius 1 is 1.17 bits per heavy atom. The number of thiazole rings is 1. The molecule has 0 bridgehead atoms. The number of anilines is 1. The second-order valence-electron chi connectivity index (χ2n) is 5.07. The summed E-state index contributed by atoms with van der Waals surface area (Å²) in [5, 5.41) is 12.0. The van der Waals surface area contributed by atoms with Gasteiger partial charge in [0.05, 0.1) is 17.3 Å². The topological polar surface area (TPSA) is 65.8 Å². The van der Waals surface area contributed by atoms with E-state index in [0.717, 1.165) is 16.1 Å². The van der Waals surface area contributed by atoms with Gasteiger partial charge in [-0.05, 0) is 55.5 Å². The average Bonchev–Trinajstić information content (AvgIpc) is 2.96. The average molecular weight is 337 g/mol. The van der Waals surface area contributed by atoms with E-state index < -0.39 is 0 Å². The van der Waals surface area contributed by atoms with Crippen LogP contribution >= 0.6 is 11.3 Å². The van der Waals surface area contributed by atoms with Crippen molar-refractivity contribution in [1.29, 1.82) is 5.26 Å². The van der Waals surface area contributed by atoms with Gasteiger partial charge in [-0.2, -0.15) is 5.26 Å². The first-order valence-corrected chi connectivity index (χ1v) is 7.93. The number of nitrogens with one attached hydrogen (secondary N) is 1. The summed E-state index contributed by atoms with van der Waals surface area (Å²) in [7, 11) is 0. The Morgan fingerprint density at radius 3 is 2.46 bits per heavy atom. The molecule has 0 aliphatic rings. The zero-order chi connectivity index (χ0) is 17.1. The van der Waals surface area contributed by atoms with E-state index in [-0.39, 0.29) is 11.7 Å². The molecule has 0 aliphatic heterocycles. The molecule has 1 N–H and O–H groups in total. The van der Waals surface area contributed by atoms with Gasteiger partial charge in [0.1, 0.15) is 5.82 Å². The molecule has 118 valence electrons. The summed E-state index contributed by atoms with van der Waals surface area (Å²) in [6.07, 6.45) is 0. The van der Waals surface area contributed by atoms with E-state index in [1.54, 1.807) is 36.4 Å². The predicted octanol–water partition coefficient (Wildman–Crippen LogP) is 4.38. The Kier molecular flexibility index (Phi) is 4.36. The Bertz CT molecular complexity index is 924. The van der Waals surface area contributed by atoms with Gasteiger partial charge in [0, 0.05) is 16.0 Å². The standard InChI is InChI=1S/C18H12FN3OS/c1-11-16(13-6-8-15(19)9-7-13)21-18(24-11)22-17(23)14-4-2-12(10-20)3-5-14/h2-9H,1H3,(H,21,22,23). The quantitative estimate of drug-likeness (QED) is 0.771. The normalized spacial score (nSPS) is 10.2. The predicted molar refractivity (Wildman–Crippen MR) is 91.4 cm³/mol. The highest BCUT2D eigenvalue weighted by molar-refractivity contribution is 7.16. The van der Waals surface area contributed by atoms with Crippen molar-refractivity contribution in [1.82, 2.24) is 4.98 Å². The fourth-order valence-corrected chi connectivity index (χ4v) is 3.02. The van der Waals surface area contributed by atoms with Crippen molar-refractivity contribution in [2.75, 3.05) is 5.32 Å². The third-order valence-corrected chi connectivity index (χ3v) is 4.30. The van der Waals surface area contributed by atoms with Crippen LogP contribution in [0.15, 0.2) is 48.5 Å². The number of aryl methyl sites for hydroxylation is 1. The lowest BCUT2D eigenvalue weighted by atomic mass is 10.1. The molecule has 0 radical (unpaired) electrons. The third-order valence-electron chi connectivity index (χ3n) is 3.41. The van der Waals surface area contributed by atoms with E-state index in [2.05, 4.69) is 10.3 Å². The van der Waals surface area contributed by atoms with Gasteiger partial charge in [-0.15, -0.1) is 11.3 Å². The monoisotopic (exact) mass is 337 g/mol. The first-order valence-electron chi connectivity index (χ1n) is 7.11. The van der Waals surface area contributed by atoms with E-state index in [1.165, 1.54) is 23.5 Å². The third kappa shape index (κ3) is 3.31. The number of hydrogen-bond donors (Lipinski definition) is 1. The molecule has 0 fully saturated rings. The first-order chi connectivity index (χ1) is 11.6. The number of nitriles is 1. The summed E-state index contributed by atoms with van der Waals surface area (Å²) in [6.45, 7) is 1.90. The van der Waals surface area contributed by atoms with E-state index >= 15 is 0 Å². The second-order valence-corrected chi connectivity index (χ2v) is 6.28. The molecule has 2 aromatic carbocycles. The molecular formula is C18H12FN3OS. The van der Waals surface area contributed by atoms with Crippen LogP contribution in [0, 0.1) is 24.1 Å². The molecule has 1 aromatic heterocycles. The number of rotatable bonds is 3. The number of benzene rings is 2. The van der Waals surface area contributed by atoms with Crippen molar-refractivity contribution in [3.8, 4) is 17.3 Å². The number of nitrogens with zero attached hydrogens (tertiary/aromatic N) is 2. The molecule has 3 aromatic rings. The van der Waals surface area contributed by atoms with Crippen molar-refractivity contribution in [3.63, 3.8) is 0 Å². The second kappa shape index (κ2) is 6.60. The summed E-state index contributed by atoms with van der Waals surface area (Å²) in [5.41, 5.74) is 2.46. The molecule has 3 rings (SSSR count). The van der Waals surface area contributed by atoms with Crippen molar-refractivity contribution in [3.05, 3.63) is 70.4 Å². The number of carbonyl (C=O) groups is 1. The fourth-order valence-electron chi connectivity index (χ4n) is 2.19. The van der Waals surface area contributed by atoms with Gasteiger partial charge in [0.15, 0.2) is 5.13 Å². The van der Waals surface area contributed by atoms with Crippen molar-refractivity contribution in [2.45, 2.75) is 6.92 Å². The molecule has 24 heavy (non-hydrogen) atoms. The number of halogens is 1. The molecule has 0 spiro atoms. The Morgan fingerprint density at radius 2 is 1.83 bits per heavy atom. The minimum absolute atomic E-state index is 0.293. The number of aromatic nitrogens is 1. The van der Waals surface area contributed by atoms with E-state index in [4.69, 9.17) is 5.26 Å². The van der Waals surface area contributed by atoms with Crippen molar-refractivity contribution >= 4 is 22.4 Å². The lowest BCUT2D eigenvalue weighted by molar-refractivity contribution is 0.102. The zero-order valence-electron chi connectivity index (χ0n) is 12.7. The minimum atomic E-state index is -0.305. The smallest absolute Gasteiger partial charge is 0.257 e. The van der Waals surface area contributed by atoms with Crippen LogP contribution in [-0.2, 0) is 0 Å². The van der Waals surface area contributed by atoms with Gasteiger partial charge < -0.3 is 0 Å². The van der Waals surface area contributed by atoms with E-state index in [9.17, 15) is 9.18 Å². The summed E-state index contributed by atoms with van der Waals surface area (Å²) in [6, 6.07) is 14.4. The molecule has 0 saturated carbocycles. The van der Waals surface area contributed by atoms with Crippen LogP contribution in [-0.4, -0.2) is 10.9 Å². The lowest BCUT2D eigenvalue weighted by Gasteiger charge is -2.01. The minimum Gasteiger partial charge on any atom is -0.298 e. The maximum Gasteiger partial charge on any atom is 0.257 e. The fraction of sp³-hybridized carbons (Fsp3) is 0.0556. The van der Waals surface area contributed by atoms with Crippen molar-refractivity contribution in [2.24, 2.45) is 0 Å². The van der Waals surface area contributed by atoms with Crippen LogP contribution in [0.1, 0.15) is 20.8 Å². The molecule has 0 unspecified atom stereocenters. The summed E-state index contributed by atoms with van der Waals surface area (Å²) in [4.78, 5) is 17.6. The first kappa shape index (κ1) is 15.8. The van der Waals surface area contributed by atoms with Crippen LogP contribution in [0.2, 0.25) is 0 Å². The molecule has 4 nitrogen and oxygen atoms in total. The van der Waals surface area contributed by atoms with Crippen LogP contribution in [0.3, 0.4) is 0 Å². The Hall–Kier alpha value is -3.04. The molecule has 6 heteroatoms. The van der Waals surface area contributed by atoms with E-state index in [0.29, 0.717) is 16.3 Å². The maximum atomic E-state index is 13.0.